The van der Waals surface area contributed by atoms with Crippen LogP contribution in [0.15, 0.2) is 11.6 Å². The van der Waals surface area contributed by atoms with Gasteiger partial charge in [0.15, 0.2) is 0 Å². The SMILES string of the molecule is C/C=C(/C#N)C(=O)NCCC. The van der Waals surface area contributed by atoms with E-state index in [9.17, 15) is 4.79 Å². The molecule has 1 amide bonds. The standard InChI is InChI=1S/C8H12N2O/c1-3-5-10-8(11)7(4-2)6-9/h4H,3,5H2,1-2H3,(H,10,11)/b7-4-. The first kappa shape index (κ1) is 9.70. The van der Waals surface area contributed by atoms with Crippen LogP contribution in [0.1, 0.15) is 20.3 Å². The second-order valence-electron chi connectivity index (χ2n) is 2.07. The number of nitrogens with zero attached hydrogens (tertiary/aromatic N) is 1. The third kappa shape index (κ3) is 3.41. The zero-order chi connectivity index (χ0) is 8.69. The number of allylic oxidation sites excluding steroid dienone is 1. The van der Waals surface area contributed by atoms with Crippen LogP contribution in [-0.2, 0) is 4.79 Å². The molecule has 0 aliphatic carbocycles. The molecule has 0 aromatic rings. The fourth-order valence-electron chi connectivity index (χ4n) is 0.580. The van der Waals surface area contributed by atoms with E-state index in [-0.39, 0.29) is 11.5 Å². The zero-order valence-electron chi connectivity index (χ0n) is 6.85. The van der Waals surface area contributed by atoms with E-state index in [1.165, 1.54) is 6.08 Å². The van der Waals surface area contributed by atoms with E-state index < -0.39 is 0 Å². The van der Waals surface area contributed by atoms with Gasteiger partial charge in [0.05, 0.1) is 0 Å². The van der Waals surface area contributed by atoms with Crippen LogP contribution in [0.4, 0.5) is 0 Å². The lowest BCUT2D eigenvalue weighted by Gasteiger charge is -1.99. The van der Waals surface area contributed by atoms with E-state index in [2.05, 4.69) is 5.32 Å². The molecule has 0 aromatic carbocycles. The molecule has 0 fully saturated rings. The van der Waals surface area contributed by atoms with Gasteiger partial charge in [-0.3, -0.25) is 4.79 Å². The highest BCUT2D eigenvalue weighted by Crippen LogP contribution is 1.90. The first-order valence-corrected chi connectivity index (χ1v) is 3.60. The fourth-order valence-corrected chi connectivity index (χ4v) is 0.580. The molecule has 3 nitrogen and oxygen atoms in total. The summed E-state index contributed by atoms with van der Waals surface area (Å²) in [5.74, 6) is -0.281. The van der Waals surface area contributed by atoms with Crippen LogP contribution in [-0.4, -0.2) is 12.5 Å². The Bertz CT molecular complexity index is 201. The van der Waals surface area contributed by atoms with Gasteiger partial charge < -0.3 is 5.32 Å². The van der Waals surface area contributed by atoms with Crippen molar-refractivity contribution in [1.29, 1.82) is 5.26 Å². The van der Waals surface area contributed by atoms with E-state index in [0.717, 1.165) is 6.42 Å². The van der Waals surface area contributed by atoms with Gasteiger partial charge in [0.25, 0.3) is 5.91 Å². The highest BCUT2D eigenvalue weighted by molar-refractivity contribution is 5.97. The van der Waals surface area contributed by atoms with Crippen molar-refractivity contribution in [1.82, 2.24) is 5.32 Å². The molecule has 0 atom stereocenters. The summed E-state index contributed by atoms with van der Waals surface area (Å²) in [6.45, 7) is 4.25. The minimum absolute atomic E-state index is 0.179. The molecule has 0 saturated carbocycles. The van der Waals surface area contributed by atoms with E-state index in [1.807, 2.05) is 13.0 Å². The quantitative estimate of drug-likeness (QED) is 0.484. The first-order valence-electron chi connectivity index (χ1n) is 3.60. The van der Waals surface area contributed by atoms with Gasteiger partial charge in [-0.25, -0.2) is 0 Å². The van der Waals surface area contributed by atoms with E-state index in [4.69, 9.17) is 5.26 Å². The molecule has 60 valence electrons. The number of nitrogens with one attached hydrogen (secondary N) is 1. The summed E-state index contributed by atoms with van der Waals surface area (Å²) in [6.07, 6.45) is 2.39. The molecule has 0 spiro atoms. The number of rotatable bonds is 3. The second kappa shape index (κ2) is 5.48. The van der Waals surface area contributed by atoms with Gasteiger partial charge in [-0.1, -0.05) is 13.0 Å². The van der Waals surface area contributed by atoms with Crippen molar-refractivity contribution in [2.45, 2.75) is 20.3 Å². The Labute approximate surface area is 66.7 Å². The Morgan fingerprint density at radius 3 is 2.73 bits per heavy atom. The first-order chi connectivity index (χ1) is 5.26. The summed E-state index contributed by atoms with van der Waals surface area (Å²) in [5.41, 5.74) is 0.179. The van der Waals surface area contributed by atoms with Crippen molar-refractivity contribution < 1.29 is 4.79 Å². The molecule has 0 aliphatic heterocycles. The van der Waals surface area contributed by atoms with Gasteiger partial charge in [0, 0.05) is 6.54 Å². The maximum atomic E-state index is 11.0. The minimum atomic E-state index is -0.281. The molecule has 0 saturated heterocycles. The van der Waals surface area contributed by atoms with Crippen LogP contribution in [0.5, 0.6) is 0 Å². The largest absolute Gasteiger partial charge is 0.351 e. The summed E-state index contributed by atoms with van der Waals surface area (Å²) < 4.78 is 0. The normalized spacial score (nSPS) is 10.5. The molecule has 1 N–H and O–H groups in total. The highest BCUT2D eigenvalue weighted by Gasteiger charge is 2.04. The van der Waals surface area contributed by atoms with Gasteiger partial charge in [-0.2, -0.15) is 5.26 Å². The van der Waals surface area contributed by atoms with Crippen LogP contribution in [0.3, 0.4) is 0 Å². The van der Waals surface area contributed by atoms with Crippen molar-refractivity contribution in [3.05, 3.63) is 11.6 Å². The predicted octanol–water partition coefficient (Wildman–Crippen LogP) is 0.982. The van der Waals surface area contributed by atoms with Crippen molar-refractivity contribution in [3.8, 4) is 6.07 Å². The number of hydrogen-bond acceptors (Lipinski definition) is 2. The molecule has 0 aliphatic rings. The van der Waals surface area contributed by atoms with Crippen molar-refractivity contribution in [3.63, 3.8) is 0 Å². The van der Waals surface area contributed by atoms with Gasteiger partial charge >= 0.3 is 0 Å². The van der Waals surface area contributed by atoms with Crippen molar-refractivity contribution in [2.24, 2.45) is 0 Å². The summed E-state index contributed by atoms with van der Waals surface area (Å²) in [5, 5.41) is 11.0. The Hall–Kier alpha value is -1.30. The summed E-state index contributed by atoms with van der Waals surface area (Å²) in [4.78, 5) is 11.0. The molecule has 0 rings (SSSR count). The second-order valence-corrected chi connectivity index (χ2v) is 2.07. The Morgan fingerprint density at radius 1 is 1.73 bits per heavy atom. The topological polar surface area (TPSA) is 52.9 Å². The van der Waals surface area contributed by atoms with E-state index in [1.54, 1.807) is 6.92 Å². The number of hydrogen-bond donors (Lipinski definition) is 1. The van der Waals surface area contributed by atoms with Crippen molar-refractivity contribution >= 4 is 5.91 Å². The summed E-state index contributed by atoms with van der Waals surface area (Å²) >= 11 is 0. The maximum Gasteiger partial charge on any atom is 0.261 e. The van der Waals surface area contributed by atoms with Crippen LogP contribution in [0, 0.1) is 11.3 Å². The fraction of sp³-hybridized carbons (Fsp3) is 0.500. The maximum absolute atomic E-state index is 11.0. The number of nitriles is 1. The molecule has 11 heavy (non-hydrogen) atoms. The number of carbonyl (C=O) groups is 1. The minimum Gasteiger partial charge on any atom is -0.351 e. The van der Waals surface area contributed by atoms with Gasteiger partial charge in [-0.15, -0.1) is 0 Å². The average Bonchev–Trinajstić information content (AvgIpc) is 2.03. The molecule has 0 bridgehead atoms. The highest BCUT2D eigenvalue weighted by atomic mass is 16.1. The van der Waals surface area contributed by atoms with Gasteiger partial charge in [-0.05, 0) is 13.3 Å². The molecule has 0 unspecified atom stereocenters. The number of carbonyl (C=O) groups excluding carboxylic acids is 1. The van der Waals surface area contributed by atoms with E-state index in [0.29, 0.717) is 6.54 Å². The molecule has 3 heteroatoms. The third-order valence-corrected chi connectivity index (χ3v) is 1.19. The van der Waals surface area contributed by atoms with Crippen LogP contribution >= 0.6 is 0 Å². The van der Waals surface area contributed by atoms with Crippen LogP contribution in [0.25, 0.3) is 0 Å². The Kier molecular flexibility index (Phi) is 4.83. The molecule has 0 heterocycles. The molecular formula is C8H12N2O. The summed E-state index contributed by atoms with van der Waals surface area (Å²) in [6, 6.07) is 1.81. The van der Waals surface area contributed by atoms with Crippen LogP contribution in [0.2, 0.25) is 0 Å². The predicted molar refractivity (Wildman–Crippen MR) is 42.7 cm³/mol. The lowest BCUT2D eigenvalue weighted by Crippen LogP contribution is -2.24. The van der Waals surface area contributed by atoms with Gasteiger partial charge in [0.2, 0.25) is 0 Å². The number of amides is 1. The monoisotopic (exact) mass is 152 g/mol. The average molecular weight is 152 g/mol. The molecular weight excluding hydrogens is 140 g/mol. The molecule has 0 aromatic heterocycles. The Morgan fingerprint density at radius 2 is 2.36 bits per heavy atom. The lowest BCUT2D eigenvalue weighted by molar-refractivity contribution is -0.117. The molecule has 0 radical (unpaired) electrons. The summed E-state index contributed by atoms with van der Waals surface area (Å²) in [7, 11) is 0. The zero-order valence-corrected chi connectivity index (χ0v) is 6.85. The lowest BCUT2D eigenvalue weighted by atomic mass is 10.2. The smallest absolute Gasteiger partial charge is 0.261 e. The van der Waals surface area contributed by atoms with Crippen molar-refractivity contribution in [2.75, 3.05) is 6.54 Å². The third-order valence-electron chi connectivity index (χ3n) is 1.19. The Balaban J connectivity index is 3.94. The van der Waals surface area contributed by atoms with Crippen LogP contribution < -0.4 is 5.32 Å². The van der Waals surface area contributed by atoms with Gasteiger partial charge in [0.1, 0.15) is 11.6 Å². The van der Waals surface area contributed by atoms with E-state index >= 15 is 0 Å².